The molecular weight excluding hydrogens is 450 g/mol. The first kappa shape index (κ1) is 21.8. The van der Waals surface area contributed by atoms with Gasteiger partial charge in [-0.2, -0.15) is 0 Å². The molecule has 0 fully saturated rings. The Labute approximate surface area is 190 Å². The number of imide groups is 1. The number of carbonyl (C=O) groups excluding carboxylic acids is 2. The molecule has 0 spiro atoms. The van der Waals surface area contributed by atoms with Crippen LogP contribution < -0.4 is 15.8 Å². The van der Waals surface area contributed by atoms with Crippen LogP contribution in [0.15, 0.2) is 77.8 Å². The van der Waals surface area contributed by atoms with E-state index in [9.17, 15) is 18.0 Å². The fourth-order valence-electron chi connectivity index (χ4n) is 3.38. The first-order valence-electron chi connectivity index (χ1n) is 9.54. The van der Waals surface area contributed by atoms with Crippen LogP contribution in [0.3, 0.4) is 0 Å². The van der Waals surface area contributed by atoms with Crippen molar-refractivity contribution < 1.29 is 18.0 Å². The number of nitrogens with two attached hydrogens (primary N) is 1. The third-order valence-corrected chi connectivity index (χ3v) is 6.15. The number of hydrogen-bond acceptors (Lipinski definition) is 5. The van der Waals surface area contributed by atoms with E-state index in [0.29, 0.717) is 28.3 Å². The summed E-state index contributed by atoms with van der Waals surface area (Å²) in [6, 6.07) is 18.6. The van der Waals surface area contributed by atoms with Crippen molar-refractivity contribution in [1.29, 1.82) is 0 Å². The highest BCUT2D eigenvalue weighted by Gasteiger charge is 2.27. The summed E-state index contributed by atoms with van der Waals surface area (Å²) in [6.07, 6.45) is 1.54. The van der Waals surface area contributed by atoms with Crippen molar-refractivity contribution in [3.63, 3.8) is 0 Å². The first-order valence-corrected chi connectivity index (χ1v) is 11.5. The number of rotatable bonds is 5. The number of halogens is 1. The molecule has 0 bridgehead atoms. The lowest BCUT2D eigenvalue weighted by Crippen LogP contribution is -2.37. The SMILES string of the molecule is NS(=O)(=O)c1ccc(CNC=C2C(=O)NC(=O)c3ccc(-c4cccc(Cl)c4)cc32)cc1. The van der Waals surface area contributed by atoms with E-state index in [2.05, 4.69) is 10.6 Å². The minimum atomic E-state index is -3.76. The average Bonchev–Trinajstić information content (AvgIpc) is 2.75. The van der Waals surface area contributed by atoms with Crippen molar-refractivity contribution in [2.24, 2.45) is 5.14 Å². The molecule has 4 rings (SSSR count). The van der Waals surface area contributed by atoms with Crippen LogP contribution in [-0.4, -0.2) is 20.2 Å². The van der Waals surface area contributed by atoms with E-state index >= 15 is 0 Å². The number of fused-ring (bicyclic) bond motifs is 1. The maximum Gasteiger partial charge on any atom is 0.260 e. The van der Waals surface area contributed by atoms with Gasteiger partial charge < -0.3 is 5.32 Å². The van der Waals surface area contributed by atoms with Gasteiger partial charge in [0.05, 0.1) is 10.5 Å². The van der Waals surface area contributed by atoms with Crippen molar-refractivity contribution in [1.82, 2.24) is 10.6 Å². The molecule has 7 nitrogen and oxygen atoms in total. The molecule has 1 aliphatic rings. The minimum Gasteiger partial charge on any atom is -0.386 e. The van der Waals surface area contributed by atoms with Gasteiger partial charge in [-0.3, -0.25) is 14.9 Å². The van der Waals surface area contributed by atoms with Crippen LogP contribution in [0.5, 0.6) is 0 Å². The van der Waals surface area contributed by atoms with E-state index in [1.165, 1.54) is 18.3 Å². The van der Waals surface area contributed by atoms with Crippen LogP contribution in [0.1, 0.15) is 21.5 Å². The summed E-state index contributed by atoms with van der Waals surface area (Å²) in [5.74, 6) is -0.971. The third kappa shape index (κ3) is 4.57. The van der Waals surface area contributed by atoms with Gasteiger partial charge >= 0.3 is 0 Å². The number of amides is 2. The van der Waals surface area contributed by atoms with Gasteiger partial charge in [0.2, 0.25) is 10.0 Å². The van der Waals surface area contributed by atoms with Gasteiger partial charge in [-0.1, -0.05) is 41.9 Å². The second-order valence-electron chi connectivity index (χ2n) is 7.18. The normalized spacial score (nSPS) is 14.8. The van der Waals surface area contributed by atoms with Crippen molar-refractivity contribution >= 4 is 39.0 Å². The predicted molar refractivity (Wildman–Crippen MR) is 122 cm³/mol. The Morgan fingerprint density at radius 1 is 0.906 bits per heavy atom. The van der Waals surface area contributed by atoms with Crippen molar-refractivity contribution in [3.8, 4) is 11.1 Å². The maximum absolute atomic E-state index is 12.5. The Kier molecular flexibility index (Phi) is 5.84. The van der Waals surface area contributed by atoms with Gasteiger partial charge in [0.1, 0.15) is 0 Å². The molecule has 9 heteroatoms. The predicted octanol–water partition coefficient (Wildman–Crippen LogP) is 3.06. The quantitative estimate of drug-likeness (QED) is 0.393. The molecule has 1 aliphatic heterocycles. The standard InChI is InChI=1S/C23H18ClN3O4S/c24-17-3-1-2-15(10-17)16-6-9-19-20(11-16)21(23(29)27-22(19)28)13-26-12-14-4-7-18(8-5-14)32(25,30)31/h1-11,13,26H,12H2,(H2,25,30,31)(H,27,28,29). The number of benzene rings is 3. The molecule has 0 unspecified atom stereocenters. The van der Waals surface area contributed by atoms with Gasteiger partial charge in [0.15, 0.2) is 0 Å². The van der Waals surface area contributed by atoms with Crippen molar-refractivity contribution in [2.45, 2.75) is 11.4 Å². The summed E-state index contributed by atoms with van der Waals surface area (Å²) < 4.78 is 22.7. The van der Waals surface area contributed by atoms with Crippen molar-refractivity contribution in [3.05, 3.63) is 94.6 Å². The molecule has 162 valence electrons. The Balaban J connectivity index is 1.62. The Morgan fingerprint density at radius 2 is 1.62 bits per heavy atom. The number of hydrogen-bond donors (Lipinski definition) is 3. The fourth-order valence-corrected chi connectivity index (χ4v) is 4.09. The van der Waals surface area contributed by atoms with E-state index in [1.54, 1.807) is 42.5 Å². The zero-order valence-electron chi connectivity index (χ0n) is 16.6. The summed E-state index contributed by atoms with van der Waals surface area (Å²) in [7, 11) is -3.76. The average molecular weight is 468 g/mol. The van der Waals surface area contributed by atoms with Gasteiger partial charge in [0.25, 0.3) is 11.8 Å². The Hall–Kier alpha value is -3.46. The van der Waals surface area contributed by atoms with Gasteiger partial charge in [-0.05, 0) is 53.1 Å². The van der Waals surface area contributed by atoms with Crippen LogP contribution in [0.2, 0.25) is 5.02 Å². The highest BCUT2D eigenvalue weighted by atomic mass is 35.5. The second kappa shape index (κ2) is 8.58. The smallest absolute Gasteiger partial charge is 0.260 e. The molecular formula is C23H18ClN3O4S. The Morgan fingerprint density at radius 3 is 2.31 bits per heavy atom. The topological polar surface area (TPSA) is 118 Å². The molecule has 3 aromatic rings. The van der Waals surface area contributed by atoms with Crippen molar-refractivity contribution in [2.75, 3.05) is 0 Å². The van der Waals surface area contributed by atoms with E-state index in [-0.39, 0.29) is 4.90 Å². The zero-order valence-corrected chi connectivity index (χ0v) is 18.2. The van der Waals surface area contributed by atoms with Gasteiger partial charge in [-0.25, -0.2) is 13.6 Å². The van der Waals surface area contributed by atoms with E-state index < -0.39 is 21.8 Å². The highest BCUT2D eigenvalue weighted by Crippen LogP contribution is 2.30. The van der Waals surface area contributed by atoms with Crippen LogP contribution in [0, 0.1) is 0 Å². The molecule has 0 saturated carbocycles. The monoisotopic (exact) mass is 467 g/mol. The molecule has 2 amide bonds. The molecule has 1 heterocycles. The Bertz CT molecular complexity index is 1370. The summed E-state index contributed by atoms with van der Waals surface area (Å²) >= 11 is 6.09. The summed E-state index contributed by atoms with van der Waals surface area (Å²) in [6.45, 7) is 0.332. The summed E-state index contributed by atoms with van der Waals surface area (Å²) in [4.78, 5) is 24.8. The fraction of sp³-hybridized carbons (Fsp3) is 0.0435. The van der Waals surface area contributed by atoms with Crippen LogP contribution in [-0.2, 0) is 21.4 Å². The molecule has 0 aromatic heterocycles. The number of primary sulfonamides is 1. The number of nitrogens with one attached hydrogen (secondary N) is 2. The third-order valence-electron chi connectivity index (χ3n) is 4.99. The van der Waals surface area contributed by atoms with Crippen LogP contribution in [0.25, 0.3) is 16.7 Å². The minimum absolute atomic E-state index is 0.0206. The van der Waals surface area contributed by atoms with E-state index in [1.807, 2.05) is 12.1 Å². The summed E-state index contributed by atoms with van der Waals surface area (Å²) in [5.41, 5.74) is 3.67. The molecule has 32 heavy (non-hydrogen) atoms. The molecule has 4 N–H and O–H groups in total. The lowest BCUT2D eigenvalue weighted by molar-refractivity contribution is -0.114. The van der Waals surface area contributed by atoms with Crippen LogP contribution >= 0.6 is 11.6 Å². The second-order valence-corrected chi connectivity index (χ2v) is 9.18. The largest absolute Gasteiger partial charge is 0.386 e. The highest BCUT2D eigenvalue weighted by molar-refractivity contribution is 7.89. The van der Waals surface area contributed by atoms with E-state index in [0.717, 1.165) is 16.7 Å². The molecule has 0 atom stereocenters. The lowest BCUT2D eigenvalue weighted by atomic mass is 9.91. The molecule has 0 saturated heterocycles. The van der Waals surface area contributed by atoms with E-state index in [4.69, 9.17) is 16.7 Å². The van der Waals surface area contributed by atoms with Gasteiger partial charge in [-0.15, -0.1) is 0 Å². The number of carbonyl (C=O) groups is 2. The maximum atomic E-state index is 12.5. The molecule has 0 radical (unpaired) electrons. The van der Waals surface area contributed by atoms with Gasteiger partial charge in [0, 0.05) is 28.9 Å². The number of sulfonamides is 1. The molecule has 3 aromatic carbocycles. The summed E-state index contributed by atoms with van der Waals surface area (Å²) in [5, 5.41) is 11.1. The zero-order chi connectivity index (χ0) is 22.9. The lowest BCUT2D eigenvalue weighted by Gasteiger charge is -2.19. The molecule has 0 aliphatic carbocycles. The first-order chi connectivity index (χ1) is 15.2. The van der Waals surface area contributed by atoms with Crippen LogP contribution in [0.4, 0.5) is 0 Å².